The van der Waals surface area contributed by atoms with E-state index in [1.807, 2.05) is 58.0 Å². The van der Waals surface area contributed by atoms with Gasteiger partial charge in [-0.2, -0.15) is 4.98 Å². The third kappa shape index (κ3) is 5.37. The van der Waals surface area contributed by atoms with Crippen LogP contribution in [-0.2, 0) is 13.0 Å². The van der Waals surface area contributed by atoms with E-state index in [0.29, 0.717) is 30.0 Å². The van der Waals surface area contributed by atoms with Gasteiger partial charge in [0.25, 0.3) is 5.89 Å². The molecule has 4 rings (SSSR count). The second-order valence-corrected chi connectivity index (χ2v) is 8.35. The highest BCUT2D eigenvalue weighted by molar-refractivity contribution is 5.63. The van der Waals surface area contributed by atoms with Crippen LogP contribution in [0.15, 0.2) is 53.1 Å². The van der Waals surface area contributed by atoms with Gasteiger partial charge < -0.3 is 14.6 Å². The molecule has 0 aliphatic heterocycles. The van der Waals surface area contributed by atoms with Crippen molar-refractivity contribution in [3.05, 3.63) is 70.9 Å². The van der Waals surface area contributed by atoms with E-state index in [2.05, 4.69) is 50.5 Å². The lowest BCUT2D eigenvalue weighted by molar-refractivity contribution is 0.301. The van der Waals surface area contributed by atoms with Crippen molar-refractivity contribution < 1.29 is 9.26 Å². The molecule has 4 aromatic rings. The first-order chi connectivity index (χ1) is 15.9. The van der Waals surface area contributed by atoms with E-state index in [4.69, 9.17) is 9.26 Å². The molecular weight excluding hydrogens is 414 g/mol. The first-order valence-corrected chi connectivity index (χ1v) is 11.2. The lowest BCUT2D eigenvalue weighted by Crippen LogP contribution is -2.13. The van der Waals surface area contributed by atoms with Gasteiger partial charge in [-0.3, -0.25) is 0 Å². The fraction of sp³-hybridized carbons (Fsp3) is 0.308. The Bertz CT molecular complexity index is 1230. The van der Waals surface area contributed by atoms with E-state index in [-0.39, 0.29) is 6.04 Å². The van der Waals surface area contributed by atoms with E-state index in [1.54, 1.807) is 0 Å². The van der Waals surface area contributed by atoms with Crippen LogP contribution in [-0.4, -0.2) is 26.2 Å². The summed E-state index contributed by atoms with van der Waals surface area (Å²) in [7, 11) is 0. The van der Waals surface area contributed by atoms with Crippen molar-refractivity contribution in [1.29, 1.82) is 0 Å². The Morgan fingerprint density at radius 2 is 1.79 bits per heavy atom. The third-order valence-corrected chi connectivity index (χ3v) is 5.13. The molecule has 1 N–H and O–H groups in total. The van der Waals surface area contributed by atoms with Crippen LogP contribution in [0.4, 0.5) is 5.95 Å². The molecule has 170 valence electrons. The van der Waals surface area contributed by atoms with Crippen LogP contribution >= 0.6 is 0 Å². The minimum absolute atomic E-state index is 0.221. The van der Waals surface area contributed by atoms with Gasteiger partial charge in [-0.15, -0.1) is 0 Å². The predicted molar refractivity (Wildman–Crippen MR) is 129 cm³/mol. The van der Waals surface area contributed by atoms with Crippen molar-refractivity contribution in [3.63, 3.8) is 0 Å². The molecule has 0 radical (unpaired) electrons. The summed E-state index contributed by atoms with van der Waals surface area (Å²) >= 11 is 0. The highest BCUT2D eigenvalue weighted by Gasteiger charge is 2.17. The summed E-state index contributed by atoms with van der Waals surface area (Å²) in [5.74, 6) is 2.34. The maximum Gasteiger partial charge on any atom is 0.258 e. The lowest BCUT2D eigenvalue weighted by atomic mass is 10.0. The average molecular weight is 444 g/mol. The van der Waals surface area contributed by atoms with Crippen molar-refractivity contribution in [2.24, 2.45) is 0 Å². The molecule has 7 heteroatoms. The summed E-state index contributed by atoms with van der Waals surface area (Å²) in [5, 5.41) is 7.40. The second-order valence-electron chi connectivity index (χ2n) is 8.35. The largest absolute Gasteiger partial charge is 0.488 e. The molecule has 0 atom stereocenters. The third-order valence-electron chi connectivity index (χ3n) is 5.13. The van der Waals surface area contributed by atoms with Crippen LogP contribution in [0.5, 0.6) is 5.75 Å². The van der Waals surface area contributed by atoms with E-state index >= 15 is 0 Å². The molecule has 0 aliphatic rings. The minimum Gasteiger partial charge on any atom is -0.488 e. The number of hydrogen-bond donors (Lipinski definition) is 1. The summed E-state index contributed by atoms with van der Waals surface area (Å²) in [4.78, 5) is 13.6. The Labute approximate surface area is 194 Å². The van der Waals surface area contributed by atoms with Crippen LogP contribution in [0.3, 0.4) is 0 Å². The van der Waals surface area contributed by atoms with Crippen LogP contribution in [0.25, 0.3) is 23.0 Å². The van der Waals surface area contributed by atoms with Gasteiger partial charge in [-0.05, 0) is 69.0 Å². The summed E-state index contributed by atoms with van der Waals surface area (Å²) in [6.07, 6.45) is 0.829. The van der Waals surface area contributed by atoms with Gasteiger partial charge >= 0.3 is 0 Å². The zero-order valence-electron chi connectivity index (χ0n) is 19.7. The molecule has 2 heterocycles. The molecule has 2 aromatic carbocycles. The van der Waals surface area contributed by atoms with Gasteiger partial charge in [-0.25, -0.2) is 9.97 Å². The summed E-state index contributed by atoms with van der Waals surface area (Å²) in [5.41, 5.74) is 5.58. The van der Waals surface area contributed by atoms with Crippen LogP contribution in [0, 0.1) is 13.8 Å². The Morgan fingerprint density at radius 3 is 2.52 bits per heavy atom. The number of benzene rings is 2. The van der Waals surface area contributed by atoms with Crippen LogP contribution in [0.1, 0.15) is 43.2 Å². The first-order valence-electron chi connectivity index (χ1n) is 11.2. The highest BCUT2D eigenvalue weighted by Crippen LogP contribution is 2.32. The molecule has 2 aromatic heterocycles. The van der Waals surface area contributed by atoms with Crippen molar-refractivity contribution in [1.82, 2.24) is 20.1 Å². The van der Waals surface area contributed by atoms with Gasteiger partial charge in [0.1, 0.15) is 18.1 Å². The normalized spacial score (nSPS) is 11.1. The molecule has 0 saturated heterocycles. The zero-order valence-corrected chi connectivity index (χ0v) is 19.7. The maximum absolute atomic E-state index is 6.18. The standard InChI is InChI=1S/C26H29N5O2/c1-6-20-14-21(12-17(4)23(20)32-15-19-10-8-7-9-11-19)25-30-24(31-33-25)22-13-18(5)28-26(29-22)27-16(2)3/h7-14,16H,6,15H2,1-5H3,(H,27,28,29). The summed E-state index contributed by atoms with van der Waals surface area (Å²) < 4.78 is 11.8. The number of ether oxygens (including phenoxy) is 1. The molecule has 0 spiro atoms. The quantitative estimate of drug-likeness (QED) is 0.370. The molecule has 0 amide bonds. The van der Waals surface area contributed by atoms with E-state index < -0.39 is 0 Å². The zero-order chi connectivity index (χ0) is 23.4. The van der Waals surface area contributed by atoms with E-state index in [9.17, 15) is 0 Å². The van der Waals surface area contributed by atoms with E-state index in [1.165, 1.54) is 0 Å². The highest BCUT2D eigenvalue weighted by atomic mass is 16.5. The number of nitrogens with one attached hydrogen (secondary N) is 1. The summed E-state index contributed by atoms with van der Waals surface area (Å²) in [6.45, 7) is 10.7. The second kappa shape index (κ2) is 9.81. The molecule has 7 nitrogen and oxygen atoms in total. The van der Waals surface area contributed by atoms with Crippen LogP contribution < -0.4 is 10.1 Å². The number of aryl methyl sites for hydroxylation is 3. The Kier molecular flexibility index (Phi) is 6.68. The summed E-state index contributed by atoms with van der Waals surface area (Å²) in [6, 6.07) is 16.3. The van der Waals surface area contributed by atoms with Crippen molar-refractivity contribution >= 4 is 5.95 Å². The lowest BCUT2D eigenvalue weighted by Gasteiger charge is -2.14. The first kappa shape index (κ1) is 22.5. The number of rotatable bonds is 8. The van der Waals surface area contributed by atoms with E-state index in [0.717, 1.165) is 40.1 Å². The van der Waals surface area contributed by atoms with Gasteiger partial charge in [-0.1, -0.05) is 42.4 Å². The van der Waals surface area contributed by atoms with Crippen molar-refractivity contribution in [2.45, 2.75) is 53.7 Å². The van der Waals surface area contributed by atoms with Crippen molar-refractivity contribution in [2.75, 3.05) is 5.32 Å². The molecular formula is C26H29N5O2. The Balaban J connectivity index is 1.60. The number of hydrogen-bond acceptors (Lipinski definition) is 7. The number of nitrogens with zero attached hydrogens (tertiary/aromatic N) is 4. The maximum atomic E-state index is 6.18. The Hall–Kier alpha value is -3.74. The fourth-order valence-corrected chi connectivity index (χ4v) is 3.62. The molecule has 0 bridgehead atoms. The Morgan fingerprint density at radius 1 is 1.00 bits per heavy atom. The van der Waals surface area contributed by atoms with Crippen molar-refractivity contribution in [3.8, 4) is 28.7 Å². The average Bonchev–Trinajstić information content (AvgIpc) is 3.28. The van der Waals surface area contributed by atoms with Gasteiger partial charge in [0.15, 0.2) is 0 Å². The predicted octanol–water partition coefficient (Wildman–Crippen LogP) is 5.77. The van der Waals surface area contributed by atoms with Crippen LogP contribution in [0.2, 0.25) is 0 Å². The fourth-order valence-electron chi connectivity index (χ4n) is 3.62. The molecule has 0 unspecified atom stereocenters. The van der Waals surface area contributed by atoms with Gasteiger partial charge in [0.05, 0.1) is 0 Å². The number of aromatic nitrogens is 4. The minimum atomic E-state index is 0.221. The SMILES string of the molecule is CCc1cc(-c2nc(-c3cc(C)nc(NC(C)C)n3)no2)cc(C)c1OCc1ccccc1. The molecule has 0 saturated carbocycles. The molecule has 0 fully saturated rings. The molecule has 0 aliphatic carbocycles. The monoisotopic (exact) mass is 443 g/mol. The van der Waals surface area contributed by atoms with Gasteiger partial charge in [0, 0.05) is 17.3 Å². The smallest absolute Gasteiger partial charge is 0.258 e. The number of anilines is 1. The van der Waals surface area contributed by atoms with Gasteiger partial charge in [0.2, 0.25) is 11.8 Å². The molecule has 33 heavy (non-hydrogen) atoms. The topological polar surface area (TPSA) is 86.0 Å².